The average molecular weight is 331 g/mol. The van der Waals surface area contributed by atoms with Crippen molar-refractivity contribution in [1.29, 1.82) is 0 Å². The van der Waals surface area contributed by atoms with E-state index in [4.69, 9.17) is 23.2 Å². The normalized spacial score (nSPS) is 17.5. The lowest BCUT2D eigenvalue weighted by molar-refractivity contribution is -0.908. The summed E-state index contributed by atoms with van der Waals surface area (Å²) in [5, 5.41) is 3.80. The molecule has 0 aromatic heterocycles. The van der Waals surface area contributed by atoms with E-state index in [0.717, 1.165) is 10.5 Å². The van der Waals surface area contributed by atoms with Gasteiger partial charge in [-0.15, -0.1) is 0 Å². The third kappa shape index (κ3) is 3.67. The number of rotatable bonds is 4. The molecule has 1 heterocycles. The van der Waals surface area contributed by atoms with Crippen LogP contribution >= 0.6 is 23.2 Å². The fourth-order valence-corrected chi connectivity index (χ4v) is 2.72. The van der Waals surface area contributed by atoms with Crippen molar-refractivity contribution in [2.75, 3.05) is 20.1 Å². The molecule has 5 nitrogen and oxygen atoms in total. The van der Waals surface area contributed by atoms with Gasteiger partial charge in [0.1, 0.15) is 6.54 Å². The lowest BCUT2D eigenvalue weighted by Gasteiger charge is -2.24. The SMILES string of the molecule is C[C@@H](C(=O)N1CCNC1=O)[NH+](C)Cc1ccc(Cl)cc1Cl. The molecule has 3 amide bonds. The largest absolute Gasteiger partial charge is 0.336 e. The van der Waals surface area contributed by atoms with E-state index in [0.29, 0.717) is 29.7 Å². The van der Waals surface area contributed by atoms with E-state index in [9.17, 15) is 9.59 Å². The summed E-state index contributed by atoms with van der Waals surface area (Å²) in [6, 6.07) is 4.67. The number of carbonyl (C=O) groups excluding carboxylic acids is 2. The highest BCUT2D eigenvalue weighted by Crippen LogP contribution is 2.20. The van der Waals surface area contributed by atoms with Gasteiger partial charge in [-0.3, -0.25) is 9.69 Å². The quantitative estimate of drug-likeness (QED) is 0.863. The van der Waals surface area contributed by atoms with E-state index < -0.39 is 0 Å². The van der Waals surface area contributed by atoms with Crippen LogP contribution in [0.1, 0.15) is 12.5 Å². The van der Waals surface area contributed by atoms with Crippen molar-refractivity contribution < 1.29 is 14.5 Å². The van der Waals surface area contributed by atoms with Crippen LogP contribution in [0.5, 0.6) is 0 Å². The molecule has 1 aliphatic rings. The number of hydrogen-bond acceptors (Lipinski definition) is 2. The first kappa shape index (κ1) is 16.1. The van der Waals surface area contributed by atoms with Gasteiger partial charge >= 0.3 is 6.03 Å². The van der Waals surface area contributed by atoms with Gasteiger partial charge in [0.15, 0.2) is 6.04 Å². The van der Waals surface area contributed by atoms with Crippen LogP contribution in [0.15, 0.2) is 18.2 Å². The van der Waals surface area contributed by atoms with Crippen molar-refractivity contribution in [3.05, 3.63) is 33.8 Å². The monoisotopic (exact) mass is 330 g/mol. The molecule has 2 N–H and O–H groups in total. The number of quaternary nitrogens is 1. The molecule has 0 aliphatic carbocycles. The summed E-state index contributed by atoms with van der Waals surface area (Å²) in [6.45, 7) is 3.34. The Labute approximate surface area is 133 Å². The number of hydrogen-bond donors (Lipinski definition) is 2. The van der Waals surface area contributed by atoms with Gasteiger partial charge in [0, 0.05) is 23.7 Å². The van der Waals surface area contributed by atoms with Crippen molar-refractivity contribution in [3.8, 4) is 0 Å². The van der Waals surface area contributed by atoms with Gasteiger partial charge < -0.3 is 10.2 Å². The van der Waals surface area contributed by atoms with Crippen molar-refractivity contribution in [2.24, 2.45) is 0 Å². The summed E-state index contributed by atoms with van der Waals surface area (Å²) in [7, 11) is 1.90. The number of halogens is 2. The molecular formula is C14H18Cl2N3O2+. The second-order valence-electron chi connectivity index (χ2n) is 5.20. The first-order valence-electron chi connectivity index (χ1n) is 6.75. The van der Waals surface area contributed by atoms with E-state index in [2.05, 4.69) is 5.32 Å². The smallest absolute Gasteiger partial charge is 0.324 e. The van der Waals surface area contributed by atoms with Gasteiger partial charge in [0.25, 0.3) is 5.91 Å². The Kier molecular flexibility index (Phi) is 5.08. The molecule has 2 atom stereocenters. The summed E-state index contributed by atoms with van der Waals surface area (Å²) in [6.07, 6.45) is 0. The molecule has 2 rings (SSSR count). The van der Waals surface area contributed by atoms with Crippen LogP contribution in [0.3, 0.4) is 0 Å². The number of carbonyl (C=O) groups is 2. The minimum Gasteiger partial charge on any atom is -0.336 e. The fraction of sp³-hybridized carbons (Fsp3) is 0.429. The van der Waals surface area contributed by atoms with Crippen molar-refractivity contribution in [2.45, 2.75) is 19.5 Å². The molecule has 114 valence electrons. The Balaban J connectivity index is 2.03. The summed E-state index contributed by atoms with van der Waals surface area (Å²) in [4.78, 5) is 26.1. The zero-order chi connectivity index (χ0) is 15.6. The van der Waals surface area contributed by atoms with Gasteiger partial charge in [-0.05, 0) is 19.1 Å². The molecule has 0 saturated carbocycles. The van der Waals surface area contributed by atoms with Crippen LogP contribution in [0.2, 0.25) is 10.0 Å². The molecule has 1 saturated heterocycles. The molecule has 1 aromatic carbocycles. The zero-order valence-corrected chi connectivity index (χ0v) is 13.5. The molecule has 1 unspecified atom stereocenters. The third-order valence-corrected chi connectivity index (χ3v) is 4.30. The maximum Gasteiger partial charge on any atom is 0.324 e. The molecule has 0 bridgehead atoms. The Morgan fingerprint density at radius 1 is 1.48 bits per heavy atom. The van der Waals surface area contributed by atoms with E-state index >= 15 is 0 Å². The van der Waals surface area contributed by atoms with Crippen molar-refractivity contribution in [3.63, 3.8) is 0 Å². The molecule has 0 spiro atoms. The summed E-state index contributed by atoms with van der Waals surface area (Å²) < 4.78 is 0. The zero-order valence-electron chi connectivity index (χ0n) is 12.0. The van der Waals surface area contributed by atoms with Crippen LogP contribution in [-0.4, -0.2) is 43.0 Å². The highest BCUT2D eigenvalue weighted by Gasteiger charge is 2.33. The van der Waals surface area contributed by atoms with Crippen LogP contribution in [0, 0.1) is 0 Å². The van der Waals surface area contributed by atoms with E-state index in [1.54, 1.807) is 12.1 Å². The molecule has 0 radical (unpaired) electrons. The van der Waals surface area contributed by atoms with Gasteiger partial charge in [0.2, 0.25) is 0 Å². The maximum absolute atomic E-state index is 12.3. The number of nitrogens with one attached hydrogen (secondary N) is 2. The molecule has 1 aliphatic heterocycles. The van der Waals surface area contributed by atoms with E-state index in [1.165, 1.54) is 4.90 Å². The number of likely N-dealkylation sites (N-methyl/N-ethyl adjacent to an activating group) is 1. The number of urea groups is 1. The molecule has 7 heteroatoms. The standard InChI is InChI=1S/C14H17Cl2N3O2/c1-9(13(20)19-6-5-17-14(19)21)18(2)8-10-3-4-11(15)7-12(10)16/h3-4,7,9H,5-6,8H2,1-2H3,(H,17,21)/p+1/t9-/m0/s1. The van der Waals surface area contributed by atoms with Gasteiger partial charge in [0.05, 0.1) is 12.1 Å². The third-order valence-electron chi connectivity index (χ3n) is 3.72. The molecular weight excluding hydrogens is 313 g/mol. The summed E-state index contributed by atoms with van der Waals surface area (Å²) >= 11 is 12.0. The van der Waals surface area contributed by atoms with Crippen LogP contribution in [-0.2, 0) is 11.3 Å². The summed E-state index contributed by atoms with van der Waals surface area (Å²) in [5.41, 5.74) is 0.920. The number of benzene rings is 1. The molecule has 1 fully saturated rings. The summed E-state index contributed by atoms with van der Waals surface area (Å²) in [5.74, 6) is -0.174. The second-order valence-corrected chi connectivity index (χ2v) is 6.05. The van der Waals surface area contributed by atoms with Gasteiger partial charge in [-0.2, -0.15) is 0 Å². The van der Waals surface area contributed by atoms with Gasteiger partial charge in [-0.1, -0.05) is 29.3 Å². The van der Waals surface area contributed by atoms with Crippen LogP contribution in [0.4, 0.5) is 4.79 Å². The predicted octanol–water partition coefficient (Wildman–Crippen LogP) is 0.948. The van der Waals surface area contributed by atoms with Gasteiger partial charge in [-0.25, -0.2) is 4.79 Å². The minimum atomic E-state index is -0.333. The number of nitrogens with zero attached hydrogens (tertiary/aromatic N) is 1. The highest BCUT2D eigenvalue weighted by atomic mass is 35.5. The minimum absolute atomic E-state index is 0.174. The Hall–Kier alpha value is -1.30. The highest BCUT2D eigenvalue weighted by molar-refractivity contribution is 6.35. The molecule has 1 aromatic rings. The number of amides is 3. The maximum atomic E-state index is 12.3. The van der Waals surface area contributed by atoms with E-state index in [1.807, 2.05) is 20.0 Å². The van der Waals surface area contributed by atoms with Crippen LogP contribution < -0.4 is 10.2 Å². The van der Waals surface area contributed by atoms with Crippen molar-refractivity contribution in [1.82, 2.24) is 10.2 Å². The lowest BCUT2D eigenvalue weighted by atomic mass is 10.2. The van der Waals surface area contributed by atoms with E-state index in [-0.39, 0.29) is 18.0 Å². The predicted molar refractivity (Wildman–Crippen MR) is 81.6 cm³/mol. The Morgan fingerprint density at radius 3 is 2.76 bits per heavy atom. The topological polar surface area (TPSA) is 53.9 Å². The Morgan fingerprint density at radius 2 is 2.19 bits per heavy atom. The fourth-order valence-electron chi connectivity index (χ4n) is 2.24. The molecule has 21 heavy (non-hydrogen) atoms. The van der Waals surface area contributed by atoms with Crippen molar-refractivity contribution >= 4 is 35.1 Å². The lowest BCUT2D eigenvalue weighted by Crippen LogP contribution is -3.12. The van der Waals surface area contributed by atoms with Crippen LogP contribution in [0.25, 0.3) is 0 Å². The first-order valence-corrected chi connectivity index (χ1v) is 7.51. The average Bonchev–Trinajstić information content (AvgIpc) is 2.86. The first-order chi connectivity index (χ1) is 9.90. The number of imide groups is 1. The Bertz CT molecular complexity index is 565. The second kappa shape index (κ2) is 6.64.